The highest BCUT2D eigenvalue weighted by Gasteiger charge is 2.32. The van der Waals surface area contributed by atoms with Gasteiger partial charge in [-0.15, -0.1) is 0 Å². The quantitative estimate of drug-likeness (QED) is 0.618. The Balaban J connectivity index is 4.16. The first-order chi connectivity index (χ1) is 6.14. The molecule has 0 aromatic carbocycles. The Kier molecular flexibility index (Phi) is 6.04. The molecule has 0 N–H and O–H groups in total. The predicted molar refractivity (Wildman–Crippen MR) is 58.2 cm³/mol. The molecular formula is C10H22O2Si. The lowest BCUT2D eigenvalue weighted by atomic mass is 10.4. The van der Waals surface area contributed by atoms with E-state index in [-0.39, 0.29) is 5.97 Å². The fraction of sp³-hybridized carbons (Fsp3) is 0.900. The van der Waals surface area contributed by atoms with E-state index in [1.807, 2.05) is 6.92 Å². The van der Waals surface area contributed by atoms with Crippen molar-refractivity contribution in [3.63, 3.8) is 0 Å². The lowest BCUT2D eigenvalue weighted by Crippen LogP contribution is -2.38. The molecule has 78 valence electrons. The normalized spacial score (nSPS) is 11.4. The summed E-state index contributed by atoms with van der Waals surface area (Å²) in [7, 11) is -1.67. The highest BCUT2D eigenvalue weighted by atomic mass is 28.4. The summed E-state index contributed by atoms with van der Waals surface area (Å²) in [6, 6.07) is 3.15. The van der Waals surface area contributed by atoms with Gasteiger partial charge < -0.3 is 4.43 Å². The van der Waals surface area contributed by atoms with Crippen LogP contribution in [0.15, 0.2) is 0 Å². The van der Waals surface area contributed by atoms with E-state index in [9.17, 15) is 4.79 Å². The molecule has 0 bridgehead atoms. The highest BCUT2D eigenvalue weighted by molar-refractivity contribution is 6.74. The van der Waals surface area contributed by atoms with Crippen molar-refractivity contribution >= 4 is 14.3 Å². The second kappa shape index (κ2) is 6.19. The Bertz CT molecular complexity index is 145. The maximum atomic E-state index is 11.3. The fourth-order valence-corrected chi connectivity index (χ4v) is 3.98. The SMILES string of the molecule is CCCC(=O)O[Si](CC)(CC)CC. The first-order valence-corrected chi connectivity index (χ1v) is 7.88. The van der Waals surface area contributed by atoms with Crippen LogP contribution in [-0.4, -0.2) is 14.3 Å². The molecule has 0 amide bonds. The minimum absolute atomic E-state index is 0.0136. The zero-order chi connectivity index (χ0) is 10.3. The Morgan fingerprint density at radius 3 is 1.85 bits per heavy atom. The van der Waals surface area contributed by atoms with Gasteiger partial charge >= 0.3 is 0 Å². The van der Waals surface area contributed by atoms with Gasteiger partial charge in [0.15, 0.2) is 0 Å². The second-order valence-electron chi connectivity index (χ2n) is 3.47. The van der Waals surface area contributed by atoms with Crippen LogP contribution in [0, 0.1) is 0 Å². The summed E-state index contributed by atoms with van der Waals surface area (Å²) in [5.41, 5.74) is 0. The van der Waals surface area contributed by atoms with Crippen LogP contribution in [-0.2, 0) is 9.22 Å². The minimum atomic E-state index is -1.67. The van der Waals surface area contributed by atoms with Crippen LogP contribution in [0.1, 0.15) is 40.5 Å². The van der Waals surface area contributed by atoms with Gasteiger partial charge in [-0.25, -0.2) is 0 Å². The van der Waals surface area contributed by atoms with Crippen molar-refractivity contribution in [3.8, 4) is 0 Å². The van der Waals surface area contributed by atoms with Crippen molar-refractivity contribution in [2.24, 2.45) is 0 Å². The van der Waals surface area contributed by atoms with Gasteiger partial charge in [0.25, 0.3) is 14.3 Å². The van der Waals surface area contributed by atoms with Crippen LogP contribution in [0.2, 0.25) is 18.1 Å². The average molecular weight is 202 g/mol. The molecular weight excluding hydrogens is 180 g/mol. The molecule has 13 heavy (non-hydrogen) atoms. The number of carbonyl (C=O) groups excluding carboxylic acids is 1. The number of hydrogen-bond acceptors (Lipinski definition) is 2. The second-order valence-corrected chi connectivity index (χ2v) is 8.16. The third kappa shape index (κ3) is 3.94. The van der Waals surface area contributed by atoms with Crippen molar-refractivity contribution in [1.82, 2.24) is 0 Å². The topological polar surface area (TPSA) is 26.3 Å². The highest BCUT2D eigenvalue weighted by Crippen LogP contribution is 2.22. The van der Waals surface area contributed by atoms with Crippen LogP contribution in [0.5, 0.6) is 0 Å². The smallest absolute Gasteiger partial charge is 0.292 e. The molecule has 3 heteroatoms. The molecule has 0 spiro atoms. The van der Waals surface area contributed by atoms with Crippen LogP contribution < -0.4 is 0 Å². The van der Waals surface area contributed by atoms with Gasteiger partial charge in [-0.2, -0.15) is 0 Å². The van der Waals surface area contributed by atoms with Crippen LogP contribution in [0.3, 0.4) is 0 Å². The van der Waals surface area contributed by atoms with E-state index in [4.69, 9.17) is 4.43 Å². The van der Waals surface area contributed by atoms with E-state index >= 15 is 0 Å². The number of hydrogen-bond donors (Lipinski definition) is 0. The maximum absolute atomic E-state index is 11.3. The third-order valence-electron chi connectivity index (χ3n) is 2.72. The molecule has 0 radical (unpaired) electrons. The van der Waals surface area contributed by atoms with Crippen LogP contribution >= 0.6 is 0 Å². The maximum Gasteiger partial charge on any atom is 0.292 e. The van der Waals surface area contributed by atoms with Gasteiger partial charge in [-0.3, -0.25) is 4.79 Å². The summed E-state index contributed by atoms with van der Waals surface area (Å²) < 4.78 is 5.63. The Morgan fingerprint density at radius 1 is 1.08 bits per heavy atom. The third-order valence-corrected chi connectivity index (χ3v) is 7.24. The molecule has 0 unspecified atom stereocenters. The van der Waals surface area contributed by atoms with E-state index in [2.05, 4.69) is 20.8 Å². The summed E-state index contributed by atoms with van der Waals surface area (Å²) in [6.45, 7) is 8.42. The van der Waals surface area contributed by atoms with Gasteiger partial charge in [0.2, 0.25) is 0 Å². The molecule has 0 atom stereocenters. The molecule has 2 nitrogen and oxygen atoms in total. The molecule has 0 saturated heterocycles. The molecule has 0 aliphatic rings. The van der Waals surface area contributed by atoms with Crippen LogP contribution in [0.4, 0.5) is 0 Å². The first-order valence-electron chi connectivity index (χ1n) is 5.36. The lowest BCUT2D eigenvalue weighted by Gasteiger charge is -2.27. The Labute approximate surface area is 82.8 Å². The summed E-state index contributed by atoms with van der Waals surface area (Å²) >= 11 is 0. The number of carbonyl (C=O) groups is 1. The molecule has 0 fully saturated rings. The standard InChI is InChI=1S/C10H22O2Si/c1-5-9-10(11)12-13(6-2,7-3)8-4/h5-9H2,1-4H3. The molecule has 0 aromatic heterocycles. The van der Waals surface area contributed by atoms with Crippen molar-refractivity contribution in [2.45, 2.75) is 58.7 Å². The fourth-order valence-electron chi connectivity index (χ4n) is 1.46. The molecule has 0 heterocycles. The lowest BCUT2D eigenvalue weighted by molar-refractivity contribution is -0.135. The van der Waals surface area contributed by atoms with E-state index in [0.717, 1.165) is 24.6 Å². The van der Waals surface area contributed by atoms with E-state index < -0.39 is 8.32 Å². The van der Waals surface area contributed by atoms with Crippen molar-refractivity contribution in [1.29, 1.82) is 0 Å². The summed E-state index contributed by atoms with van der Waals surface area (Å²) in [6.07, 6.45) is 1.47. The molecule has 0 rings (SSSR count). The zero-order valence-electron chi connectivity index (χ0n) is 9.35. The monoisotopic (exact) mass is 202 g/mol. The number of rotatable bonds is 6. The van der Waals surface area contributed by atoms with Gasteiger partial charge in [-0.1, -0.05) is 27.7 Å². The largest absolute Gasteiger partial charge is 0.519 e. The van der Waals surface area contributed by atoms with Gasteiger partial charge in [-0.05, 0) is 24.6 Å². The summed E-state index contributed by atoms with van der Waals surface area (Å²) in [4.78, 5) is 11.3. The van der Waals surface area contributed by atoms with E-state index in [1.54, 1.807) is 0 Å². The molecule has 0 aliphatic carbocycles. The Morgan fingerprint density at radius 2 is 1.54 bits per heavy atom. The Hall–Kier alpha value is -0.313. The van der Waals surface area contributed by atoms with Crippen molar-refractivity contribution < 1.29 is 9.22 Å². The van der Waals surface area contributed by atoms with Crippen molar-refractivity contribution in [3.05, 3.63) is 0 Å². The summed E-state index contributed by atoms with van der Waals surface area (Å²) in [5.74, 6) is 0.0136. The molecule has 0 aromatic rings. The molecule has 0 saturated carbocycles. The summed E-state index contributed by atoms with van der Waals surface area (Å²) in [5, 5.41) is 0. The van der Waals surface area contributed by atoms with Gasteiger partial charge in [0.1, 0.15) is 0 Å². The first kappa shape index (κ1) is 12.7. The van der Waals surface area contributed by atoms with Gasteiger partial charge in [0.05, 0.1) is 0 Å². The van der Waals surface area contributed by atoms with Crippen LogP contribution in [0.25, 0.3) is 0 Å². The zero-order valence-corrected chi connectivity index (χ0v) is 10.4. The molecule has 0 aliphatic heterocycles. The van der Waals surface area contributed by atoms with Gasteiger partial charge in [0, 0.05) is 6.42 Å². The van der Waals surface area contributed by atoms with E-state index in [1.165, 1.54) is 0 Å². The average Bonchev–Trinajstić information content (AvgIpc) is 2.15. The predicted octanol–water partition coefficient (Wildman–Crippen LogP) is 3.33. The van der Waals surface area contributed by atoms with Crippen molar-refractivity contribution in [2.75, 3.05) is 0 Å². The minimum Gasteiger partial charge on any atom is -0.519 e. The van der Waals surface area contributed by atoms with E-state index in [0.29, 0.717) is 6.42 Å².